The van der Waals surface area contributed by atoms with Gasteiger partial charge in [-0.2, -0.15) is 0 Å². The van der Waals surface area contributed by atoms with Crippen molar-refractivity contribution in [3.05, 3.63) is 35.9 Å². The number of amides is 1. The summed E-state index contributed by atoms with van der Waals surface area (Å²) in [4.78, 5) is 12.1. The van der Waals surface area contributed by atoms with Crippen LogP contribution in [0, 0.1) is 17.8 Å². The number of carbonyl (C=O) groups is 1. The first-order valence-corrected chi connectivity index (χ1v) is 8.47. The molecule has 4 heteroatoms. The molecule has 2 N–H and O–H groups in total. The molecule has 4 nitrogen and oxygen atoms in total. The van der Waals surface area contributed by atoms with E-state index in [4.69, 9.17) is 4.74 Å². The van der Waals surface area contributed by atoms with E-state index in [1.165, 1.54) is 19.3 Å². The molecule has 1 aromatic carbocycles. The van der Waals surface area contributed by atoms with Crippen LogP contribution in [-0.4, -0.2) is 11.7 Å². The SMILES string of the molecule is O=C(NNCc1ccccc1)OC12CC3CC(CC(C3)C1)C2. The molecule has 0 saturated heterocycles. The standard InChI is InChI=1S/C18H24N2O2/c21-17(20-19-12-13-4-2-1-3-5-13)22-18-9-14-6-15(10-18)8-16(7-14)11-18/h1-5,14-16,19H,6-12H2,(H,20,21). The highest BCUT2D eigenvalue weighted by molar-refractivity contribution is 5.67. The molecule has 0 unspecified atom stereocenters. The Bertz CT molecular complexity index is 508. The molecule has 118 valence electrons. The van der Waals surface area contributed by atoms with Crippen molar-refractivity contribution in [2.75, 3.05) is 0 Å². The van der Waals surface area contributed by atoms with Crippen LogP contribution >= 0.6 is 0 Å². The van der Waals surface area contributed by atoms with E-state index in [9.17, 15) is 4.79 Å². The zero-order valence-electron chi connectivity index (χ0n) is 12.9. The van der Waals surface area contributed by atoms with Gasteiger partial charge in [0.25, 0.3) is 0 Å². The fourth-order valence-corrected chi connectivity index (χ4v) is 5.19. The molecule has 1 aromatic rings. The third kappa shape index (κ3) is 2.84. The lowest BCUT2D eigenvalue weighted by Crippen LogP contribution is -2.54. The van der Waals surface area contributed by atoms with Gasteiger partial charge in [0.15, 0.2) is 0 Å². The highest BCUT2D eigenvalue weighted by Gasteiger charge is 2.53. The van der Waals surface area contributed by atoms with Crippen molar-refractivity contribution in [2.24, 2.45) is 17.8 Å². The largest absolute Gasteiger partial charge is 0.442 e. The van der Waals surface area contributed by atoms with Crippen molar-refractivity contribution in [2.45, 2.75) is 50.7 Å². The Kier molecular flexibility index (Phi) is 3.57. The predicted molar refractivity (Wildman–Crippen MR) is 83.8 cm³/mol. The van der Waals surface area contributed by atoms with Crippen molar-refractivity contribution in [1.82, 2.24) is 10.9 Å². The summed E-state index contributed by atoms with van der Waals surface area (Å²) in [6.45, 7) is 0.608. The lowest BCUT2D eigenvalue weighted by atomic mass is 9.54. The summed E-state index contributed by atoms with van der Waals surface area (Å²) >= 11 is 0. The summed E-state index contributed by atoms with van der Waals surface area (Å²) < 4.78 is 5.88. The van der Waals surface area contributed by atoms with Crippen molar-refractivity contribution in [3.8, 4) is 0 Å². The summed E-state index contributed by atoms with van der Waals surface area (Å²) in [5.74, 6) is 2.36. The van der Waals surface area contributed by atoms with Gasteiger partial charge in [-0.25, -0.2) is 10.2 Å². The first-order valence-electron chi connectivity index (χ1n) is 8.47. The molecular formula is C18H24N2O2. The van der Waals surface area contributed by atoms with Crippen molar-refractivity contribution in [1.29, 1.82) is 0 Å². The molecule has 5 rings (SSSR count). The molecule has 0 atom stereocenters. The zero-order valence-corrected chi connectivity index (χ0v) is 12.9. The van der Waals surface area contributed by atoms with E-state index in [0.29, 0.717) is 6.54 Å². The minimum absolute atomic E-state index is 0.173. The summed E-state index contributed by atoms with van der Waals surface area (Å²) in [7, 11) is 0. The van der Waals surface area contributed by atoms with Gasteiger partial charge in [0.1, 0.15) is 5.60 Å². The molecule has 0 radical (unpaired) electrons. The average Bonchev–Trinajstić information content (AvgIpc) is 2.46. The highest BCUT2D eigenvalue weighted by Crippen LogP contribution is 2.57. The number of hydrogen-bond acceptors (Lipinski definition) is 3. The molecule has 1 amide bonds. The fourth-order valence-electron chi connectivity index (χ4n) is 5.19. The molecule has 22 heavy (non-hydrogen) atoms. The quantitative estimate of drug-likeness (QED) is 0.838. The van der Waals surface area contributed by atoms with Gasteiger partial charge < -0.3 is 4.74 Å². The second-order valence-electron chi connectivity index (χ2n) is 7.45. The number of ether oxygens (including phenoxy) is 1. The maximum absolute atomic E-state index is 12.1. The van der Waals surface area contributed by atoms with Gasteiger partial charge in [-0.3, -0.25) is 5.43 Å². The lowest BCUT2D eigenvalue weighted by molar-refractivity contribution is -0.127. The monoisotopic (exact) mass is 300 g/mol. The van der Waals surface area contributed by atoms with Gasteiger partial charge in [-0.15, -0.1) is 0 Å². The summed E-state index contributed by atoms with van der Waals surface area (Å²) in [6.07, 6.45) is 6.97. The van der Waals surface area contributed by atoms with Crippen LogP contribution in [0.15, 0.2) is 30.3 Å². The van der Waals surface area contributed by atoms with Crippen LogP contribution < -0.4 is 10.9 Å². The summed E-state index contributed by atoms with van der Waals surface area (Å²) in [5.41, 5.74) is 6.62. The van der Waals surface area contributed by atoms with Crippen LogP contribution in [0.5, 0.6) is 0 Å². The molecular weight excluding hydrogens is 276 g/mol. The van der Waals surface area contributed by atoms with Crippen LogP contribution in [0.4, 0.5) is 4.79 Å². The Labute approximate surface area is 131 Å². The maximum atomic E-state index is 12.1. The predicted octanol–water partition coefficient (Wildman–Crippen LogP) is 3.39. The summed E-state index contributed by atoms with van der Waals surface area (Å²) in [6, 6.07) is 10.0. The van der Waals surface area contributed by atoms with Crippen molar-refractivity contribution >= 4 is 6.09 Å². The van der Waals surface area contributed by atoms with Crippen LogP contribution in [0.2, 0.25) is 0 Å². The van der Waals surface area contributed by atoms with E-state index < -0.39 is 0 Å². The van der Waals surface area contributed by atoms with Gasteiger partial charge >= 0.3 is 6.09 Å². The lowest BCUT2D eigenvalue weighted by Gasteiger charge is -2.55. The second-order valence-corrected chi connectivity index (χ2v) is 7.45. The Balaban J connectivity index is 1.29. The van der Waals surface area contributed by atoms with E-state index in [-0.39, 0.29) is 11.7 Å². The molecule has 4 aliphatic carbocycles. The molecule has 0 spiro atoms. The molecule has 4 saturated carbocycles. The maximum Gasteiger partial charge on any atom is 0.422 e. The third-order valence-electron chi connectivity index (χ3n) is 5.62. The molecule has 0 heterocycles. The van der Waals surface area contributed by atoms with Crippen molar-refractivity contribution in [3.63, 3.8) is 0 Å². The molecule has 0 aliphatic heterocycles. The van der Waals surface area contributed by atoms with Crippen molar-refractivity contribution < 1.29 is 9.53 Å². The van der Waals surface area contributed by atoms with Gasteiger partial charge in [-0.05, 0) is 61.8 Å². The van der Waals surface area contributed by atoms with E-state index >= 15 is 0 Å². The highest BCUT2D eigenvalue weighted by atomic mass is 16.6. The number of rotatable bonds is 4. The van der Waals surface area contributed by atoms with Gasteiger partial charge in [0.2, 0.25) is 0 Å². The molecule has 4 bridgehead atoms. The molecule has 0 aromatic heterocycles. The Morgan fingerprint density at radius 2 is 1.64 bits per heavy atom. The van der Waals surface area contributed by atoms with Gasteiger partial charge in [0, 0.05) is 6.54 Å². The fraction of sp³-hybridized carbons (Fsp3) is 0.611. The first-order chi connectivity index (χ1) is 10.7. The average molecular weight is 300 g/mol. The minimum Gasteiger partial charge on any atom is -0.442 e. The van der Waals surface area contributed by atoms with Crippen LogP contribution in [-0.2, 0) is 11.3 Å². The Morgan fingerprint density at radius 3 is 2.23 bits per heavy atom. The second kappa shape index (κ2) is 5.58. The number of benzene rings is 1. The minimum atomic E-state index is -0.321. The van der Waals surface area contributed by atoms with Crippen LogP contribution in [0.25, 0.3) is 0 Å². The smallest absolute Gasteiger partial charge is 0.422 e. The van der Waals surface area contributed by atoms with E-state index in [0.717, 1.165) is 42.6 Å². The zero-order chi connectivity index (χ0) is 15.0. The Hall–Kier alpha value is -1.55. The normalized spacial score (nSPS) is 35.4. The van der Waals surface area contributed by atoms with Crippen LogP contribution in [0.1, 0.15) is 44.1 Å². The topological polar surface area (TPSA) is 50.4 Å². The number of nitrogens with one attached hydrogen (secondary N) is 2. The van der Waals surface area contributed by atoms with Gasteiger partial charge in [-0.1, -0.05) is 30.3 Å². The third-order valence-corrected chi connectivity index (χ3v) is 5.62. The van der Waals surface area contributed by atoms with Gasteiger partial charge in [0.05, 0.1) is 0 Å². The number of carbonyl (C=O) groups excluding carboxylic acids is 1. The van der Waals surface area contributed by atoms with E-state index in [1.54, 1.807) is 0 Å². The first kappa shape index (κ1) is 14.1. The number of hydrogen-bond donors (Lipinski definition) is 2. The molecule has 4 fully saturated rings. The van der Waals surface area contributed by atoms with E-state index in [2.05, 4.69) is 10.9 Å². The van der Waals surface area contributed by atoms with Crippen LogP contribution in [0.3, 0.4) is 0 Å². The number of hydrazine groups is 1. The summed E-state index contributed by atoms with van der Waals surface area (Å²) in [5, 5.41) is 0. The Morgan fingerprint density at radius 1 is 1.05 bits per heavy atom. The van der Waals surface area contributed by atoms with E-state index in [1.807, 2.05) is 30.3 Å². The molecule has 4 aliphatic rings.